The van der Waals surface area contributed by atoms with Crippen molar-refractivity contribution in [2.75, 3.05) is 7.11 Å². The normalized spacial score (nSPS) is 12.4. The summed E-state index contributed by atoms with van der Waals surface area (Å²) in [7, 11) is 1.43. The van der Waals surface area contributed by atoms with E-state index in [-0.39, 0.29) is 11.9 Å². The molecule has 1 rings (SSSR count). The van der Waals surface area contributed by atoms with Crippen LogP contribution in [0.3, 0.4) is 0 Å². The molecule has 1 unspecified atom stereocenters. The minimum atomic E-state index is -0.192. The quantitative estimate of drug-likeness (QED) is 0.715. The zero-order chi connectivity index (χ0) is 12.5. The Labute approximate surface area is 97.6 Å². The second-order valence-corrected chi connectivity index (χ2v) is 4.40. The lowest BCUT2D eigenvalue weighted by molar-refractivity contribution is -0.142. The number of aryl methyl sites for hydroxylation is 1. The summed E-state index contributed by atoms with van der Waals surface area (Å²) in [6.45, 7) is 10.3. The number of carbonyl (C=O) groups excluding carboxylic acids is 1. The Morgan fingerprint density at radius 3 is 2.19 bits per heavy atom. The number of ether oxygens (including phenoxy) is 1. The van der Waals surface area contributed by atoms with Gasteiger partial charge in [0.25, 0.3) is 0 Å². The molecule has 0 amide bonds. The molecule has 1 atom stereocenters. The largest absolute Gasteiger partial charge is 0.469 e. The molecule has 88 valence electrons. The lowest BCUT2D eigenvalue weighted by atomic mass is 9.88. The second-order valence-electron chi connectivity index (χ2n) is 4.40. The summed E-state index contributed by atoms with van der Waals surface area (Å²) < 4.78 is 4.79. The van der Waals surface area contributed by atoms with E-state index >= 15 is 0 Å². The summed E-state index contributed by atoms with van der Waals surface area (Å²) in [6, 6.07) is 2.10. The van der Waals surface area contributed by atoms with Gasteiger partial charge in [-0.15, -0.1) is 0 Å². The molecule has 0 bridgehead atoms. The van der Waals surface area contributed by atoms with Crippen molar-refractivity contribution in [3.63, 3.8) is 0 Å². The van der Waals surface area contributed by atoms with Crippen LogP contribution in [-0.2, 0) is 9.53 Å². The third-order valence-corrected chi connectivity index (χ3v) is 3.54. The van der Waals surface area contributed by atoms with Gasteiger partial charge in [0.15, 0.2) is 0 Å². The Morgan fingerprint density at radius 2 is 1.69 bits per heavy atom. The maximum Gasteiger partial charge on any atom is 0.312 e. The first-order valence-corrected chi connectivity index (χ1v) is 5.55. The molecule has 0 spiro atoms. The molecule has 0 aliphatic carbocycles. The third-order valence-electron chi connectivity index (χ3n) is 3.54. The smallest absolute Gasteiger partial charge is 0.312 e. The van der Waals surface area contributed by atoms with Crippen LogP contribution in [0, 0.1) is 27.7 Å². The molecule has 0 N–H and O–H groups in total. The molecule has 0 aromatic heterocycles. The third kappa shape index (κ3) is 2.11. The number of hydrogen-bond donors (Lipinski definition) is 0. The Kier molecular flexibility index (Phi) is 3.74. The summed E-state index contributed by atoms with van der Waals surface area (Å²) in [5, 5.41) is 0. The highest BCUT2D eigenvalue weighted by Gasteiger charge is 2.19. The van der Waals surface area contributed by atoms with Gasteiger partial charge in [-0.2, -0.15) is 0 Å². The molecule has 2 heteroatoms. The number of methoxy groups -OCH3 is 1. The van der Waals surface area contributed by atoms with E-state index in [1.165, 1.54) is 29.4 Å². The first-order valence-electron chi connectivity index (χ1n) is 5.55. The lowest BCUT2D eigenvalue weighted by Gasteiger charge is -2.18. The van der Waals surface area contributed by atoms with Gasteiger partial charge in [-0.25, -0.2) is 0 Å². The molecule has 0 aliphatic heterocycles. The van der Waals surface area contributed by atoms with Crippen LogP contribution in [0.2, 0.25) is 0 Å². The molecule has 16 heavy (non-hydrogen) atoms. The van der Waals surface area contributed by atoms with Crippen molar-refractivity contribution in [1.82, 2.24) is 0 Å². The van der Waals surface area contributed by atoms with E-state index in [9.17, 15) is 4.79 Å². The first-order chi connectivity index (χ1) is 7.40. The van der Waals surface area contributed by atoms with Gasteiger partial charge >= 0.3 is 5.97 Å². The molecule has 0 saturated carbocycles. The molecule has 0 fully saturated rings. The molecular weight excluding hydrogens is 200 g/mol. The first kappa shape index (κ1) is 12.8. The molecule has 1 aromatic rings. The monoisotopic (exact) mass is 220 g/mol. The average molecular weight is 220 g/mol. The fourth-order valence-corrected chi connectivity index (χ4v) is 2.00. The van der Waals surface area contributed by atoms with E-state index in [2.05, 4.69) is 33.8 Å². The van der Waals surface area contributed by atoms with Crippen LogP contribution in [-0.4, -0.2) is 13.1 Å². The summed E-state index contributed by atoms with van der Waals surface area (Å²) in [4.78, 5) is 11.5. The van der Waals surface area contributed by atoms with Crippen molar-refractivity contribution in [3.8, 4) is 0 Å². The number of carbonyl (C=O) groups is 1. The topological polar surface area (TPSA) is 26.3 Å². The van der Waals surface area contributed by atoms with Crippen LogP contribution in [0.5, 0.6) is 0 Å². The SMILES string of the molecule is COC(=O)C(C)c1cc(C)c(C)c(C)c1C. The van der Waals surface area contributed by atoms with Crippen molar-refractivity contribution in [1.29, 1.82) is 0 Å². The number of rotatable bonds is 2. The van der Waals surface area contributed by atoms with Crippen molar-refractivity contribution in [2.45, 2.75) is 40.5 Å². The van der Waals surface area contributed by atoms with E-state index in [4.69, 9.17) is 4.74 Å². The van der Waals surface area contributed by atoms with Gasteiger partial charge in [-0.05, 0) is 62.4 Å². The number of esters is 1. The van der Waals surface area contributed by atoms with Gasteiger partial charge in [0, 0.05) is 0 Å². The molecule has 0 radical (unpaired) electrons. The van der Waals surface area contributed by atoms with Crippen molar-refractivity contribution < 1.29 is 9.53 Å². The molecular formula is C14H20O2. The molecule has 1 aromatic carbocycles. The van der Waals surface area contributed by atoms with Crippen LogP contribution in [0.25, 0.3) is 0 Å². The van der Waals surface area contributed by atoms with E-state index in [1.807, 2.05) is 6.92 Å². The van der Waals surface area contributed by atoms with E-state index in [0.29, 0.717) is 0 Å². The standard InChI is InChI=1S/C14H20O2/c1-8-7-13(12(5)14(15)16-6)11(4)10(3)9(8)2/h7,12H,1-6H3. The minimum Gasteiger partial charge on any atom is -0.469 e. The zero-order valence-electron chi connectivity index (χ0n) is 11.0. The lowest BCUT2D eigenvalue weighted by Crippen LogP contribution is -2.13. The van der Waals surface area contributed by atoms with Gasteiger partial charge in [-0.1, -0.05) is 6.07 Å². The van der Waals surface area contributed by atoms with Crippen LogP contribution >= 0.6 is 0 Å². The Morgan fingerprint density at radius 1 is 1.12 bits per heavy atom. The highest BCUT2D eigenvalue weighted by molar-refractivity contribution is 5.78. The van der Waals surface area contributed by atoms with Crippen LogP contribution in [0.15, 0.2) is 6.07 Å². The van der Waals surface area contributed by atoms with Crippen molar-refractivity contribution in [2.24, 2.45) is 0 Å². The highest BCUT2D eigenvalue weighted by Crippen LogP contribution is 2.27. The molecule has 0 aliphatic rings. The van der Waals surface area contributed by atoms with Gasteiger partial charge in [-0.3, -0.25) is 4.79 Å². The molecule has 0 heterocycles. The maximum atomic E-state index is 11.5. The number of hydrogen-bond acceptors (Lipinski definition) is 2. The Balaban J connectivity index is 3.30. The van der Waals surface area contributed by atoms with Crippen LogP contribution in [0.4, 0.5) is 0 Å². The summed E-state index contributed by atoms with van der Waals surface area (Å²) in [5.74, 6) is -0.367. The van der Waals surface area contributed by atoms with Crippen molar-refractivity contribution in [3.05, 3.63) is 33.9 Å². The summed E-state index contributed by atoms with van der Waals surface area (Å²) >= 11 is 0. The van der Waals surface area contributed by atoms with E-state index < -0.39 is 0 Å². The Hall–Kier alpha value is -1.31. The molecule has 0 saturated heterocycles. The second kappa shape index (κ2) is 4.69. The van der Waals surface area contributed by atoms with Crippen molar-refractivity contribution >= 4 is 5.97 Å². The summed E-state index contributed by atoms with van der Waals surface area (Å²) in [6.07, 6.45) is 0. The number of benzene rings is 1. The van der Waals surface area contributed by atoms with Gasteiger partial charge in [0.1, 0.15) is 0 Å². The van der Waals surface area contributed by atoms with E-state index in [0.717, 1.165) is 5.56 Å². The average Bonchev–Trinajstić information content (AvgIpc) is 2.29. The molecule has 2 nitrogen and oxygen atoms in total. The van der Waals surface area contributed by atoms with E-state index in [1.54, 1.807) is 0 Å². The minimum absolute atomic E-state index is 0.175. The van der Waals surface area contributed by atoms with Crippen LogP contribution in [0.1, 0.15) is 40.7 Å². The predicted octanol–water partition coefficient (Wildman–Crippen LogP) is 3.20. The maximum absolute atomic E-state index is 11.5. The Bertz CT molecular complexity index is 419. The van der Waals surface area contributed by atoms with Gasteiger partial charge in [0.05, 0.1) is 13.0 Å². The highest BCUT2D eigenvalue weighted by atomic mass is 16.5. The van der Waals surface area contributed by atoms with Gasteiger partial charge in [0.2, 0.25) is 0 Å². The predicted molar refractivity (Wildman–Crippen MR) is 65.8 cm³/mol. The van der Waals surface area contributed by atoms with Gasteiger partial charge < -0.3 is 4.74 Å². The fourth-order valence-electron chi connectivity index (χ4n) is 2.00. The fraction of sp³-hybridized carbons (Fsp3) is 0.500. The summed E-state index contributed by atoms with van der Waals surface area (Å²) in [5.41, 5.74) is 6.08. The van der Waals surface area contributed by atoms with Crippen LogP contribution < -0.4 is 0 Å². The zero-order valence-corrected chi connectivity index (χ0v) is 11.0.